The molecule has 21 heavy (non-hydrogen) atoms. The number of anilines is 3. The molecule has 0 bridgehead atoms. The zero-order chi connectivity index (χ0) is 15.0. The number of fused-ring (bicyclic) bond motifs is 1. The molecule has 8 nitrogen and oxygen atoms in total. The SMILES string of the molecule is Cc1[nH]ncc1C(=O)Nc1cc2c(cc1N)OCC(=O)N2. The summed E-state index contributed by atoms with van der Waals surface area (Å²) in [7, 11) is 0. The van der Waals surface area contributed by atoms with Gasteiger partial charge in [-0.3, -0.25) is 14.7 Å². The molecular formula is C13H13N5O3. The van der Waals surface area contributed by atoms with E-state index in [1.165, 1.54) is 6.20 Å². The maximum absolute atomic E-state index is 12.1. The first kappa shape index (κ1) is 13.0. The summed E-state index contributed by atoms with van der Waals surface area (Å²) in [4.78, 5) is 23.4. The van der Waals surface area contributed by atoms with E-state index in [1.807, 2.05) is 0 Å². The van der Waals surface area contributed by atoms with Crippen molar-refractivity contribution in [1.29, 1.82) is 0 Å². The molecule has 0 unspecified atom stereocenters. The molecular weight excluding hydrogens is 274 g/mol. The number of H-pyrrole nitrogens is 1. The van der Waals surface area contributed by atoms with Crippen LogP contribution in [0, 0.1) is 6.92 Å². The first-order chi connectivity index (χ1) is 10.0. The van der Waals surface area contributed by atoms with Crippen LogP contribution in [0.4, 0.5) is 17.1 Å². The zero-order valence-electron chi connectivity index (χ0n) is 11.2. The number of hydrogen-bond donors (Lipinski definition) is 4. The van der Waals surface area contributed by atoms with Gasteiger partial charge in [-0.25, -0.2) is 0 Å². The van der Waals surface area contributed by atoms with Crippen LogP contribution in [0.2, 0.25) is 0 Å². The molecule has 0 radical (unpaired) electrons. The van der Waals surface area contributed by atoms with E-state index in [9.17, 15) is 9.59 Å². The molecule has 1 aliphatic heterocycles. The number of nitrogen functional groups attached to an aromatic ring is 1. The fourth-order valence-corrected chi connectivity index (χ4v) is 2.02. The second-order valence-corrected chi connectivity index (χ2v) is 4.64. The van der Waals surface area contributed by atoms with Crippen molar-refractivity contribution in [3.63, 3.8) is 0 Å². The highest BCUT2D eigenvalue weighted by molar-refractivity contribution is 6.07. The Morgan fingerprint density at radius 2 is 2.29 bits per heavy atom. The van der Waals surface area contributed by atoms with E-state index in [1.54, 1.807) is 19.1 Å². The number of hydrogen-bond acceptors (Lipinski definition) is 5. The van der Waals surface area contributed by atoms with E-state index in [4.69, 9.17) is 10.5 Å². The third kappa shape index (κ3) is 2.38. The molecule has 0 aliphatic carbocycles. The molecule has 1 aliphatic rings. The van der Waals surface area contributed by atoms with E-state index in [0.717, 1.165) is 0 Å². The van der Waals surface area contributed by atoms with Gasteiger partial charge < -0.3 is 21.1 Å². The lowest BCUT2D eigenvalue weighted by Crippen LogP contribution is -2.25. The maximum atomic E-state index is 12.1. The molecule has 0 fully saturated rings. The summed E-state index contributed by atoms with van der Waals surface area (Å²) in [5.74, 6) is -0.115. The Kier molecular flexibility index (Phi) is 2.98. The average molecular weight is 287 g/mol. The number of aryl methyl sites for hydroxylation is 1. The Balaban J connectivity index is 1.89. The predicted molar refractivity (Wildman–Crippen MR) is 76.3 cm³/mol. The highest BCUT2D eigenvalue weighted by Crippen LogP contribution is 2.35. The molecule has 0 atom stereocenters. The minimum absolute atomic E-state index is 0.0492. The number of nitrogens with zero attached hydrogens (tertiary/aromatic N) is 1. The smallest absolute Gasteiger partial charge is 0.262 e. The predicted octanol–water partition coefficient (Wildman–Crippen LogP) is 0.884. The average Bonchev–Trinajstić information content (AvgIpc) is 2.86. The Labute approximate surface area is 119 Å². The molecule has 5 N–H and O–H groups in total. The molecule has 108 valence electrons. The highest BCUT2D eigenvalue weighted by Gasteiger charge is 2.19. The van der Waals surface area contributed by atoms with Gasteiger partial charge in [0.25, 0.3) is 11.8 Å². The summed E-state index contributed by atoms with van der Waals surface area (Å²) in [5, 5.41) is 11.8. The van der Waals surface area contributed by atoms with E-state index in [2.05, 4.69) is 20.8 Å². The third-order valence-electron chi connectivity index (χ3n) is 3.11. The number of aromatic amines is 1. The summed E-state index contributed by atoms with van der Waals surface area (Å²) in [6.07, 6.45) is 1.43. The monoisotopic (exact) mass is 287 g/mol. The van der Waals surface area contributed by atoms with Crippen molar-refractivity contribution in [3.05, 3.63) is 29.6 Å². The molecule has 2 aromatic rings. The van der Waals surface area contributed by atoms with Gasteiger partial charge in [0.1, 0.15) is 5.75 Å². The van der Waals surface area contributed by atoms with Gasteiger partial charge in [-0.05, 0) is 13.0 Å². The molecule has 0 saturated heterocycles. The number of rotatable bonds is 2. The number of carbonyl (C=O) groups excluding carboxylic acids is 2. The Hall–Kier alpha value is -3.03. The van der Waals surface area contributed by atoms with E-state index >= 15 is 0 Å². The van der Waals surface area contributed by atoms with Crippen LogP contribution in [0.25, 0.3) is 0 Å². The lowest BCUT2D eigenvalue weighted by molar-refractivity contribution is -0.118. The van der Waals surface area contributed by atoms with E-state index < -0.39 is 0 Å². The maximum Gasteiger partial charge on any atom is 0.262 e. The summed E-state index contributed by atoms with van der Waals surface area (Å²) in [6, 6.07) is 3.13. The normalized spacial score (nSPS) is 13.1. The van der Waals surface area contributed by atoms with E-state index in [0.29, 0.717) is 34.1 Å². The van der Waals surface area contributed by atoms with Gasteiger partial charge in [0.05, 0.1) is 28.8 Å². The van der Waals surface area contributed by atoms with Crippen LogP contribution in [0.5, 0.6) is 5.75 Å². The van der Waals surface area contributed by atoms with Crippen molar-refractivity contribution >= 4 is 28.9 Å². The summed E-state index contributed by atoms with van der Waals surface area (Å²) < 4.78 is 5.25. The van der Waals surface area contributed by atoms with Gasteiger partial charge in [-0.1, -0.05) is 0 Å². The first-order valence-electron chi connectivity index (χ1n) is 6.22. The number of aromatic nitrogens is 2. The molecule has 2 amide bonds. The topological polar surface area (TPSA) is 122 Å². The van der Waals surface area contributed by atoms with Crippen LogP contribution in [-0.4, -0.2) is 28.6 Å². The number of amides is 2. The van der Waals surface area contributed by atoms with Gasteiger partial charge in [-0.15, -0.1) is 0 Å². The van der Waals surface area contributed by atoms with Crippen LogP contribution in [0.15, 0.2) is 18.3 Å². The molecule has 0 saturated carbocycles. The Morgan fingerprint density at radius 3 is 3.00 bits per heavy atom. The van der Waals surface area contributed by atoms with Crippen LogP contribution in [0.3, 0.4) is 0 Å². The van der Waals surface area contributed by atoms with Crippen molar-refractivity contribution in [3.8, 4) is 5.75 Å². The molecule has 1 aromatic heterocycles. The van der Waals surface area contributed by atoms with Crippen LogP contribution >= 0.6 is 0 Å². The fourth-order valence-electron chi connectivity index (χ4n) is 2.02. The molecule has 8 heteroatoms. The second kappa shape index (κ2) is 4.82. The van der Waals surface area contributed by atoms with Crippen LogP contribution in [0.1, 0.15) is 16.1 Å². The second-order valence-electron chi connectivity index (χ2n) is 4.64. The molecule has 2 heterocycles. The Morgan fingerprint density at radius 1 is 1.48 bits per heavy atom. The number of ether oxygens (including phenoxy) is 1. The minimum Gasteiger partial charge on any atom is -0.482 e. The molecule has 1 aromatic carbocycles. The van der Waals surface area contributed by atoms with Crippen molar-refractivity contribution in [2.24, 2.45) is 0 Å². The van der Waals surface area contributed by atoms with Gasteiger partial charge in [0.2, 0.25) is 0 Å². The number of carbonyl (C=O) groups is 2. The van der Waals surface area contributed by atoms with Crippen molar-refractivity contribution in [2.75, 3.05) is 23.0 Å². The van der Waals surface area contributed by atoms with Gasteiger partial charge >= 0.3 is 0 Å². The lowest BCUT2D eigenvalue weighted by atomic mass is 10.2. The van der Waals surface area contributed by atoms with Crippen LogP contribution < -0.4 is 21.1 Å². The van der Waals surface area contributed by atoms with E-state index in [-0.39, 0.29) is 18.4 Å². The first-order valence-corrected chi connectivity index (χ1v) is 6.22. The number of benzene rings is 1. The number of nitrogens with one attached hydrogen (secondary N) is 3. The lowest BCUT2D eigenvalue weighted by Gasteiger charge is -2.20. The van der Waals surface area contributed by atoms with Crippen LogP contribution in [-0.2, 0) is 4.79 Å². The molecule has 3 rings (SSSR count). The van der Waals surface area contributed by atoms with Gasteiger partial charge in [0, 0.05) is 11.8 Å². The standard InChI is InChI=1S/C13H13N5O3/c1-6-7(4-15-18-6)13(20)17-9-3-10-11(2-8(9)14)21-5-12(19)16-10/h2-4H,5,14H2,1H3,(H,15,18)(H,16,19)(H,17,20). The third-order valence-corrected chi connectivity index (χ3v) is 3.11. The van der Waals surface area contributed by atoms with Gasteiger partial charge in [0.15, 0.2) is 6.61 Å². The summed E-state index contributed by atoms with van der Waals surface area (Å²) in [5.41, 5.74) is 8.18. The van der Waals surface area contributed by atoms with Gasteiger partial charge in [-0.2, -0.15) is 5.10 Å². The largest absolute Gasteiger partial charge is 0.482 e. The minimum atomic E-state index is -0.337. The molecule has 0 spiro atoms. The highest BCUT2D eigenvalue weighted by atomic mass is 16.5. The van der Waals surface area contributed by atoms with Crippen molar-refractivity contribution in [2.45, 2.75) is 6.92 Å². The quantitative estimate of drug-likeness (QED) is 0.611. The van der Waals surface area contributed by atoms with Crippen molar-refractivity contribution < 1.29 is 14.3 Å². The Bertz CT molecular complexity index is 737. The summed E-state index contributed by atoms with van der Waals surface area (Å²) >= 11 is 0. The zero-order valence-corrected chi connectivity index (χ0v) is 11.2. The summed E-state index contributed by atoms with van der Waals surface area (Å²) in [6.45, 7) is 1.69. The fraction of sp³-hybridized carbons (Fsp3) is 0.154. The van der Waals surface area contributed by atoms with Crippen molar-refractivity contribution in [1.82, 2.24) is 10.2 Å². The number of nitrogens with two attached hydrogens (primary N) is 1.